The third-order valence-electron chi connectivity index (χ3n) is 4.43. The summed E-state index contributed by atoms with van der Waals surface area (Å²) in [5, 5.41) is 0. The van der Waals surface area contributed by atoms with E-state index >= 15 is 0 Å². The van der Waals surface area contributed by atoms with Crippen molar-refractivity contribution in [1.29, 1.82) is 0 Å². The van der Waals surface area contributed by atoms with Crippen molar-refractivity contribution in [3.63, 3.8) is 0 Å². The minimum absolute atomic E-state index is 0.140. The minimum Gasteiger partial charge on any atom is -0.358 e. The summed E-state index contributed by atoms with van der Waals surface area (Å²) in [6.07, 6.45) is 7.06. The molecule has 1 unspecified atom stereocenters. The van der Waals surface area contributed by atoms with Crippen LogP contribution < -0.4 is 0 Å². The number of imidazole rings is 1. The molecule has 1 saturated heterocycles. The SMILES string of the molecule is CC(C)CCc1ncnc2c1nc(COS(C)(=O)=O)n2C1CCCCO1. The van der Waals surface area contributed by atoms with Gasteiger partial charge in [-0.25, -0.2) is 15.0 Å². The van der Waals surface area contributed by atoms with Gasteiger partial charge >= 0.3 is 0 Å². The Labute approximate surface area is 154 Å². The van der Waals surface area contributed by atoms with Gasteiger partial charge in [-0.2, -0.15) is 8.42 Å². The van der Waals surface area contributed by atoms with Gasteiger partial charge in [0.25, 0.3) is 10.1 Å². The second-order valence-corrected chi connectivity index (χ2v) is 8.75. The zero-order chi connectivity index (χ0) is 18.7. The van der Waals surface area contributed by atoms with E-state index in [9.17, 15) is 8.42 Å². The van der Waals surface area contributed by atoms with E-state index < -0.39 is 10.1 Å². The smallest absolute Gasteiger partial charge is 0.264 e. The van der Waals surface area contributed by atoms with E-state index in [-0.39, 0.29) is 12.8 Å². The Morgan fingerprint density at radius 1 is 1.35 bits per heavy atom. The molecule has 1 aliphatic heterocycles. The van der Waals surface area contributed by atoms with E-state index in [2.05, 4.69) is 28.8 Å². The van der Waals surface area contributed by atoms with Gasteiger partial charge in [0.1, 0.15) is 30.5 Å². The van der Waals surface area contributed by atoms with E-state index in [0.29, 0.717) is 29.5 Å². The van der Waals surface area contributed by atoms with Crippen LogP contribution in [-0.2, 0) is 32.1 Å². The first-order valence-corrected chi connectivity index (χ1v) is 10.8. The lowest BCUT2D eigenvalue weighted by molar-refractivity contribution is -0.0325. The van der Waals surface area contributed by atoms with Crippen LogP contribution in [0.25, 0.3) is 11.2 Å². The molecule has 1 aliphatic rings. The monoisotopic (exact) mass is 382 g/mol. The Morgan fingerprint density at radius 2 is 2.15 bits per heavy atom. The fraction of sp³-hybridized carbons (Fsp3) is 0.706. The maximum Gasteiger partial charge on any atom is 0.264 e. The Balaban J connectivity index is 2.02. The van der Waals surface area contributed by atoms with E-state index in [1.807, 2.05) is 4.57 Å². The molecule has 26 heavy (non-hydrogen) atoms. The highest BCUT2D eigenvalue weighted by molar-refractivity contribution is 7.85. The standard InChI is InChI=1S/C17H26N4O4S/c1-12(2)7-8-13-16-17(19-11-18-13)21(15-6-4-5-9-24-15)14(20-16)10-25-26(3,22)23/h11-12,15H,4-10H2,1-3H3. The van der Waals surface area contributed by atoms with Crippen molar-refractivity contribution in [1.82, 2.24) is 19.5 Å². The van der Waals surface area contributed by atoms with Gasteiger partial charge in [-0.3, -0.25) is 8.75 Å². The summed E-state index contributed by atoms with van der Waals surface area (Å²) >= 11 is 0. The number of aryl methyl sites for hydroxylation is 1. The molecule has 9 heteroatoms. The van der Waals surface area contributed by atoms with Gasteiger partial charge < -0.3 is 4.74 Å². The molecule has 3 heterocycles. The average molecular weight is 382 g/mol. The quantitative estimate of drug-likeness (QED) is 0.679. The number of rotatable bonds is 7. The van der Waals surface area contributed by atoms with Gasteiger partial charge in [-0.15, -0.1) is 0 Å². The lowest BCUT2D eigenvalue weighted by atomic mass is 10.1. The maximum absolute atomic E-state index is 11.4. The molecule has 2 aromatic rings. The van der Waals surface area contributed by atoms with Gasteiger partial charge in [0.05, 0.1) is 11.9 Å². The molecule has 0 aliphatic carbocycles. The molecule has 0 saturated carbocycles. The van der Waals surface area contributed by atoms with Crippen molar-refractivity contribution in [3.05, 3.63) is 17.8 Å². The summed E-state index contributed by atoms with van der Waals surface area (Å²) in [6.45, 7) is 4.86. The highest BCUT2D eigenvalue weighted by Gasteiger charge is 2.25. The number of ether oxygens (including phenoxy) is 1. The van der Waals surface area contributed by atoms with E-state index in [0.717, 1.165) is 44.1 Å². The van der Waals surface area contributed by atoms with Gasteiger partial charge in [0.15, 0.2) is 5.65 Å². The second kappa shape index (κ2) is 7.98. The lowest BCUT2D eigenvalue weighted by Gasteiger charge is -2.25. The third-order valence-corrected chi connectivity index (χ3v) is 4.98. The summed E-state index contributed by atoms with van der Waals surface area (Å²) < 4.78 is 35.6. The van der Waals surface area contributed by atoms with Crippen LogP contribution in [0.15, 0.2) is 6.33 Å². The Bertz CT molecular complexity index is 857. The molecule has 1 atom stereocenters. The van der Waals surface area contributed by atoms with Crippen molar-refractivity contribution in [2.24, 2.45) is 5.92 Å². The van der Waals surface area contributed by atoms with E-state index in [1.165, 1.54) is 0 Å². The summed E-state index contributed by atoms with van der Waals surface area (Å²) in [4.78, 5) is 13.5. The second-order valence-electron chi connectivity index (χ2n) is 7.11. The van der Waals surface area contributed by atoms with Gasteiger partial charge in [0, 0.05) is 6.61 Å². The molecule has 0 spiro atoms. The molecular formula is C17H26N4O4S. The molecular weight excluding hydrogens is 356 g/mol. The Hall–Kier alpha value is -1.58. The van der Waals surface area contributed by atoms with E-state index in [4.69, 9.17) is 8.92 Å². The zero-order valence-electron chi connectivity index (χ0n) is 15.5. The van der Waals surface area contributed by atoms with Gasteiger partial charge in [-0.1, -0.05) is 13.8 Å². The number of nitrogens with zero attached hydrogens (tertiary/aromatic N) is 4. The minimum atomic E-state index is -3.57. The van der Waals surface area contributed by atoms with Crippen molar-refractivity contribution in [3.8, 4) is 0 Å². The predicted octanol–water partition coefficient (Wildman–Crippen LogP) is 2.59. The van der Waals surface area contributed by atoms with Crippen LogP contribution in [0.4, 0.5) is 0 Å². The first kappa shape index (κ1) is 19.2. The van der Waals surface area contributed by atoms with Crippen LogP contribution in [-0.4, -0.2) is 40.8 Å². The number of aromatic nitrogens is 4. The molecule has 0 radical (unpaired) electrons. The van der Waals surface area contributed by atoms with Crippen LogP contribution in [0, 0.1) is 5.92 Å². The Kier molecular flexibility index (Phi) is 5.89. The zero-order valence-corrected chi connectivity index (χ0v) is 16.3. The van der Waals surface area contributed by atoms with Gasteiger partial charge in [0.2, 0.25) is 0 Å². The summed E-state index contributed by atoms with van der Waals surface area (Å²) in [5.74, 6) is 1.06. The highest BCUT2D eigenvalue weighted by atomic mass is 32.2. The molecule has 0 N–H and O–H groups in total. The topological polar surface area (TPSA) is 96.2 Å². The normalized spacial score (nSPS) is 18.7. The summed E-state index contributed by atoms with van der Waals surface area (Å²) in [7, 11) is -3.57. The molecule has 3 rings (SSSR count). The third kappa shape index (κ3) is 4.57. The number of fused-ring (bicyclic) bond motifs is 1. The molecule has 0 bridgehead atoms. The van der Waals surface area contributed by atoms with Crippen molar-refractivity contribution < 1.29 is 17.3 Å². The largest absolute Gasteiger partial charge is 0.358 e. The maximum atomic E-state index is 11.4. The number of hydrogen-bond donors (Lipinski definition) is 0. The molecule has 0 amide bonds. The summed E-state index contributed by atoms with van der Waals surface area (Å²) in [5.41, 5.74) is 2.26. The van der Waals surface area contributed by atoms with Crippen molar-refractivity contribution in [2.45, 2.75) is 58.8 Å². The number of hydrogen-bond acceptors (Lipinski definition) is 7. The molecule has 1 fully saturated rings. The van der Waals surface area contributed by atoms with Crippen LogP contribution in [0.3, 0.4) is 0 Å². The van der Waals surface area contributed by atoms with Crippen molar-refractivity contribution >= 4 is 21.3 Å². The van der Waals surface area contributed by atoms with Crippen molar-refractivity contribution in [2.75, 3.05) is 12.9 Å². The first-order valence-electron chi connectivity index (χ1n) is 9.02. The van der Waals surface area contributed by atoms with Crippen LogP contribution in [0.1, 0.15) is 57.3 Å². The van der Waals surface area contributed by atoms with Crippen LogP contribution >= 0.6 is 0 Å². The first-order chi connectivity index (χ1) is 12.3. The fourth-order valence-corrected chi connectivity index (χ4v) is 3.42. The van der Waals surface area contributed by atoms with Gasteiger partial charge in [-0.05, 0) is 38.0 Å². The molecule has 144 valence electrons. The molecule has 8 nitrogen and oxygen atoms in total. The summed E-state index contributed by atoms with van der Waals surface area (Å²) in [6, 6.07) is 0. The highest BCUT2D eigenvalue weighted by Crippen LogP contribution is 2.29. The molecule has 2 aromatic heterocycles. The molecule has 0 aromatic carbocycles. The fourth-order valence-electron chi connectivity index (χ4n) is 3.10. The predicted molar refractivity (Wildman–Crippen MR) is 97.0 cm³/mol. The van der Waals surface area contributed by atoms with Crippen LogP contribution in [0.2, 0.25) is 0 Å². The van der Waals surface area contributed by atoms with E-state index in [1.54, 1.807) is 6.33 Å². The Morgan fingerprint density at radius 3 is 2.81 bits per heavy atom. The lowest BCUT2D eigenvalue weighted by Crippen LogP contribution is -2.21. The van der Waals surface area contributed by atoms with Crippen LogP contribution in [0.5, 0.6) is 0 Å². The average Bonchev–Trinajstić information content (AvgIpc) is 2.97.